The zero-order valence-electron chi connectivity index (χ0n) is 4.46. The number of nitrogens with two attached hydrogens (primary N) is 1. The summed E-state index contributed by atoms with van der Waals surface area (Å²) in [6.45, 7) is 2.16. The van der Waals surface area contributed by atoms with Gasteiger partial charge in [0.2, 0.25) is 0 Å². The van der Waals surface area contributed by atoms with Crippen molar-refractivity contribution < 1.29 is 5.11 Å². The Morgan fingerprint density at radius 2 is 2.43 bits per heavy atom. The second kappa shape index (κ2) is 3.84. The minimum atomic E-state index is -0.454. The van der Waals surface area contributed by atoms with E-state index in [1.165, 1.54) is 0 Å². The molecule has 2 nitrogen and oxygen atoms in total. The van der Waals surface area contributed by atoms with E-state index in [2.05, 4.69) is 0 Å². The summed E-state index contributed by atoms with van der Waals surface area (Å²) < 4.78 is 0. The van der Waals surface area contributed by atoms with Crippen LogP contribution in [-0.2, 0) is 0 Å². The van der Waals surface area contributed by atoms with E-state index in [9.17, 15) is 0 Å². The molecule has 0 amide bonds. The van der Waals surface area contributed by atoms with E-state index in [1.807, 2.05) is 6.92 Å². The zero-order chi connectivity index (χ0) is 5.70. The molecule has 0 saturated heterocycles. The summed E-state index contributed by atoms with van der Waals surface area (Å²) >= 11 is 0. The smallest absolute Gasteiger partial charge is 0.0843 e. The van der Waals surface area contributed by atoms with Gasteiger partial charge in [-0.25, -0.2) is 0 Å². The van der Waals surface area contributed by atoms with Crippen molar-refractivity contribution in [2.24, 2.45) is 5.73 Å². The van der Waals surface area contributed by atoms with Gasteiger partial charge in [0, 0.05) is 6.54 Å². The third-order valence-electron chi connectivity index (χ3n) is 0.656. The van der Waals surface area contributed by atoms with E-state index < -0.39 is 6.10 Å². The average Bonchev–Trinajstić information content (AvgIpc) is 1.68. The van der Waals surface area contributed by atoms with Crippen molar-refractivity contribution in [2.45, 2.75) is 13.0 Å². The van der Waals surface area contributed by atoms with Crippen molar-refractivity contribution in [1.29, 1.82) is 0 Å². The fourth-order valence-electron chi connectivity index (χ4n) is 0.301. The Morgan fingerprint density at radius 1 is 1.86 bits per heavy atom. The third-order valence-corrected chi connectivity index (χ3v) is 0.656. The molecule has 0 aromatic heterocycles. The summed E-state index contributed by atoms with van der Waals surface area (Å²) in [5.41, 5.74) is 5.06. The van der Waals surface area contributed by atoms with Gasteiger partial charge in [0.1, 0.15) is 0 Å². The summed E-state index contributed by atoms with van der Waals surface area (Å²) in [7, 11) is 0. The second-order valence-corrected chi connectivity index (χ2v) is 1.33. The Labute approximate surface area is 43.6 Å². The predicted octanol–water partition coefficient (Wildman–Crippen LogP) is -0.118. The summed E-state index contributed by atoms with van der Waals surface area (Å²) in [4.78, 5) is 0. The van der Waals surface area contributed by atoms with Crippen molar-refractivity contribution >= 4 is 0 Å². The highest BCUT2D eigenvalue weighted by molar-refractivity contribution is 4.85. The second-order valence-electron chi connectivity index (χ2n) is 1.33. The molecule has 0 heterocycles. The molecule has 0 fully saturated rings. The Hall–Kier alpha value is -0.340. The van der Waals surface area contributed by atoms with Crippen LogP contribution in [0.15, 0.2) is 12.2 Å². The van der Waals surface area contributed by atoms with Crippen LogP contribution in [0.2, 0.25) is 0 Å². The van der Waals surface area contributed by atoms with Gasteiger partial charge in [-0.3, -0.25) is 0 Å². The molecule has 0 radical (unpaired) electrons. The molecule has 0 spiro atoms. The van der Waals surface area contributed by atoms with Gasteiger partial charge in [-0.2, -0.15) is 0 Å². The first-order valence-electron chi connectivity index (χ1n) is 2.32. The fourth-order valence-corrected chi connectivity index (χ4v) is 0.301. The van der Waals surface area contributed by atoms with E-state index in [4.69, 9.17) is 10.8 Å². The Kier molecular flexibility index (Phi) is 3.65. The SMILES string of the molecule is C/C=C/[C@H](O)CN. The lowest BCUT2D eigenvalue weighted by molar-refractivity contribution is 0.231. The summed E-state index contributed by atoms with van der Waals surface area (Å²) in [6.07, 6.45) is 2.97. The molecule has 42 valence electrons. The maximum absolute atomic E-state index is 8.65. The molecule has 7 heavy (non-hydrogen) atoms. The van der Waals surface area contributed by atoms with Gasteiger partial charge in [-0.1, -0.05) is 12.2 Å². The quantitative estimate of drug-likeness (QED) is 0.476. The predicted molar refractivity (Wildman–Crippen MR) is 29.9 cm³/mol. The van der Waals surface area contributed by atoms with Crippen molar-refractivity contribution in [2.75, 3.05) is 6.54 Å². The molecular formula is C5H11NO. The lowest BCUT2D eigenvalue weighted by atomic mass is 10.3. The minimum Gasteiger partial charge on any atom is -0.388 e. The zero-order valence-corrected chi connectivity index (χ0v) is 4.46. The van der Waals surface area contributed by atoms with Gasteiger partial charge < -0.3 is 10.8 Å². The van der Waals surface area contributed by atoms with Crippen molar-refractivity contribution in [3.63, 3.8) is 0 Å². The van der Waals surface area contributed by atoms with Crippen molar-refractivity contribution in [1.82, 2.24) is 0 Å². The molecule has 0 aliphatic rings. The van der Waals surface area contributed by atoms with E-state index in [0.717, 1.165) is 0 Å². The Bertz CT molecular complexity index is 61.1. The molecule has 2 heteroatoms. The lowest BCUT2D eigenvalue weighted by Crippen LogP contribution is -2.16. The summed E-state index contributed by atoms with van der Waals surface area (Å²) in [5.74, 6) is 0. The molecule has 0 bridgehead atoms. The van der Waals surface area contributed by atoms with Crippen LogP contribution in [0.5, 0.6) is 0 Å². The van der Waals surface area contributed by atoms with E-state index >= 15 is 0 Å². The first-order valence-corrected chi connectivity index (χ1v) is 2.32. The normalized spacial score (nSPS) is 15.3. The minimum absolute atomic E-state index is 0.310. The summed E-state index contributed by atoms with van der Waals surface area (Å²) in [5, 5.41) is 8.65. The molecule has 0 saturated carbocycles. The monoisotopic (exact) mass is 101 g/mol. The van der Waals surface area contributed by atoms with Gasteiger partial charge in [-0.05, 0) is 6.92 Å². The number of aliphatic hydroxyl groups is 1. The molecule has 0 aromatic rings. The van der Waals surface area contributed by atoms with Crippen LogP contribution in [-0.4, -0.2) is 17.8 Å². The molecule has 0 aliphatic heterocycles. The topological polar surface area (TPSA) is 46.2 Å². The maximum Gasteiger partial charge on any atom is 0.0843 e. The van der Waals surface area contributed by atoms with E-state index in [-0.39, 0.29) is 0 Å². The van der Waals surface area contributed by atoms with E-state index in [0.29, 0.717) is 6.54 Å². The van der Waals surface area contributed by atoms with Crippen LogP contribution >= 0.6 is 0 Å². The lowest BCUT2D eigenvalue weighted by Gasteiger charge is -1.95. The summed E-state index contributed by atoms with van der Waals surface area (Å²) in [6, 6.07) is 0. The van der Waals surface area contributed by atoms with Crippen LogP contribution < -0.4 is 5.73 Å². The molecule has 0 aliphatic carbocycles. The molecule has 0 aromatic carbocycles. The Balaban J connectivity index is 3.16. The number of allylic oxidation sites excluding steroid dienone is 1. The van der Waals surface area contributed by atoms with Gasteiger partial charge in [-0.15, -0.1) is 0 Å². The molecular weight excluding hydrogens is 90.1 g/mol. The van der Waals surface area contributed by atoms with Crippen LogP contribution in [0.25, 0.3) is 0 Å². The first kappa shape index (κ1) is 6.66. The number of hydrogen-bond acceptors (Lipinski definition) is 2. The average molecular weight is 101 g/mol. The van der Waals surface area contributed by atoms with Gasteiger partial charge >= 0.3 is 0 Å². The van der Waals surface area contributed by atoms with Crippen LogP contribution in [0.1, 0.15) is 6.92 Å². The maximum atomic E-state index is 8.65. The largest absolute Gasteiger partial charge is 0.388 e. The molecule has 1 atom stereocenters. The van der Waals surface area contributed by atoms with Crippen molar-refractivity contribution in [3.05, 3.63) is 12.2 Å². The van der Waals surface area contributed by atoms with Gasteiger partial charge in [0.25, 0.3) is 0 Å². The van der Waals surface area contributed by atoms with Gasteiger partial charge in [0.15, 0.2) is 0 Å². The van der Waals surface area contributed by atoms with Crippen LogP contribution in [0.3, 0.4) is 0 Å². The van der Waals surface area contributed by atoms with E-state index in [1.54, 1.807) is 12.2 Å². The number of hydrogen-bond donors (Lipinski definition) is 2. The third kappa shape index (κ3) is 3.49. The fraction of sp³-hybridized carbons (Fsp3) is 0.600. The van der Waals surface area contributed by atoms with Crippen LogP contribution in [0.4, 0.5) is 0 Å². The van der Waals surface area contributed by atoms with Gasteiger partial charge in [0.05, 0.1) is 6.10 Å². The molecule has 0 rings (SSSR count). The molecule has 3 N–H and O–H groups in total. The standard InChI is InChI=1S/C5H11NO/c1-2-3-5(7)4-6/h2-3,5,7H,4,6H2,1H3/b3-2+/t5-/m0/s1. The molecule has 0 unspecified atom stereocenters. The number of aliphatic hydroxyl groups excluding tert-OH is 1. The highest BCUT2D eigenvalue weighted by Gasteiger charge is 1.88. The highest BCUT2D eigenvalue weighted by atomic mass is 16.3. The first-order chi connectivity index (χ1) is 3.31. The number of rotatable bonds is 2. The van der Waals surface area contributed by atoms with Crippen molar-refractivity contribution in [3.8, 4) is 0 Å². The van der Waals surface area contributed by atoms with Crippen LogP contribution in [0, 0.1) is 0 Å². The Morgan fingerprint density at radius 3 is 2.57 bits per heavy atom. The highest BCUT2D eigenvalue weighted by Crippen LogP contribution is 1.78.